The van der Waals surface area contributed by atoms with Crippen LogP contribution in [0.4, 0.5) is 45.5 Å². The summed E-state index contributed by atoms with van der Waals surface area (Å²) in [5.74, 6) is 0. The number of rotatable bonds is 3. The van der Waals surface area contributed by atoms with Crippen LogP contribution < -0.4 is 31.1 Å². The lowest BCUT2D eigenvalue weighted by Crippen LogP contribution is -2.62. The summed E-state index contributed by atoms with van der Waals surface area (Å²) in [6.07, 6.45) is 7.20. The molecule has 81 heavy (non-hydrogen) atoms. The maximum Gasteiger partial charge on any atom is 0.252 e. The number of nitrogens with zero attached hydrogens (tertiary/aromatic N) is 3. The van der Waals surface area contributed by atoms with Crippen molar-refractivity contribution in [3.63, 3.8) is 0 Å². The van der Waals surface area contributed by atoms with E-state index in [1.165, 1.54) is 163 Å². The molecular weight excluding hydrogens is 998 g/mol. The lowest BCUT2D eigenvalue weighted by Gasteiger charge is -2.51. The number of fused-ring (bicyclic) bond motifs is 13. The van der Waals surface area contributed by atoms with E-state index in [1.54, 1.807) is 0 Å². The fourth-order valence-corrected chi connectivity index (χ4v) is 18.4. The average molecular weight is 1080 g/mol. The highest BCUT2D eigenvalue weighted by Crippen LogP contribution is 2.62. The zero-order valence-electron chi connectivity index (χ0n) is 50.8. The van der Waals surface area contributed by atoms with E-state index in [2.05, 4.69) is 258 Å². The molecule has 3 aliphatic heterocycles. The van der Waals surface area contributed by atoms with Gasteiger partial charge in [-0.2, -0.15) is 0 Å². The van der Waals surface area contributed by atoms with Gasteiger partial charge < -0.3 is 14.7 Å². The molecule has 1 fully saturated rings. The minimum absolute atomic E-state index is 0.00480. The summed E-state index contributed by atoms with van der Waals surface area (Å²) < 4.78 is 2.66. The standard InChI is InChI=1S/C76H80BN3S/c1-45-37-65-68-66(38-45)79(62-43-54-53(39-46(62)2)71(6,7)35-36-72(54,8)9)63-41-48(80-60-32-29-47(70(3,4)5)40-57(60)75(14)33-20-21-34-76(75,80)15)30-31-58(63)77(68)59-42-55-56(74(12,13)52-26-18-17-25-51(52)73(55,10)11)44-64(59)78(65)61-27-22-24-50-49-23-16-19-28-67(49)81-69(50)61/h16-19,22-32,37-44H,20-21,33-36H2,1-15H3. The van der Waals surface area contributed by atoms with E-state index in [4.69, 9.17) is 0 Å². The van der Waals surface area contributed by atoms with Gasteiger partial charge in [0.15, 0.2) is 0 Å². The summed E-state index contributed by atoms with van der Waals surface area (Å²) >= 11 is 1.94. The molecule has 0 radical (unpaired) electrons. The van der Waals surface area contributed by atoms with Crippen molar-refractivity contribution in [2.45, 2.75) is 180 Å². The lowest BCUT2D eigenvalue weighted by atomic mass is 9.33. The SMILES string of the molecule is Cc1cc2c3c(c1)N(c1cccc4c1sc1ccccc14)c1cc4c(cc1B3c1ccc(N3c5ccc(C(C)(C)C)cc5C5(C)CCCCC35C)cc1N2c1cc2c(cc1C)C(C)(C)CCC2(C)C)C(C)(C)c1ccccc1C4(C)C. The number of hydrogen-bond donors (Lipinski definition) is 0. The molecule has 1 saturated carbocycles. The average Bonchev–Trinajstić information content (AvgIpc) is 3.24. The molecule has 3 nitrogen and oxygen atoms in total. The number of thiophene rings is 1. The first kappa shape index (κ1) is 51.3. The highest BCUT2D eigenvalue weighted by molar-refractivity contribution is 7.26. The topological polar surface area (TPSA) is 9.72 Å². The predicted octanol–water partition coefficient (Wildman–Crippen LogP) is 19.1. The third-order valence-corrected chi connectivity index (χ3v) is 23.4. The first-order valence-corrected chi connectivity index (χ1v) is 31.4. The Morgan fingerprint density at radius 3 is 1.77 bits per heavy atom. The Morgan fingerprint density at radius 2 is 1.06 bits per heavy atom. The Morgan fingerprint density at radius 1 is 0.457 bits per heavy atom. The fraction of sp³-hybridized carbons (Fsp3) is 0.368. The molecule has 15 rings (SSSR count). The summed E-state index contributed by atoms with van der Waals surface area (Å²) in [5, 5.41) is 2.65. The minimum Gasteiger partial charge on any atom is -0.334 e. The Hall–Kier alpha value is -6.56. The highest BCUT2D eigenvalue weighted by atomic mass is 32.1. The zero-order chi connectivity index (χ0) is 56.5. The smallest absolute Gasteiger partial charge is 0.252 e. The molecule has 8 aromatic carbocycles. The van der Waals surface area contributed by atoms with Crippen molar-refractivity contribution in [1.29, 1.82) is 0 Å². The third kappa shape index (κ3) is 6.82. The van der Waals surface area contributed by atoms with E-state index in [0.717, 1.165) is 12.8 Å². The van der Waals surface area contributed by atoms with E-state index in [1.807, 2.05) is 11.3 Å². The Labute approximate surface area is 487 Å². The molecular formula is C76H80BN3S. The number of benzene rings is 8. The van der Waals surface area contributed by atoms with Crippen LogP contribution in [0.25, 0.3) is 20.2 Å². The Bertz CT molecular complexity index is 4220. The quantitative estimate of drug-likeness (QED) is 0.163. The van der Waals surface area contributed by atoms with Crippen LogP contribution in [0.5, 0.6) is 0 Å². The molecule has 0 bridgehead atoms. The van der Waals surface area contributed by atoms with Crippen molar-refractivity contribution in [3.8, 4) is 0 Å². The van der Waals surface area contributed by atoms with Crippen molar-refractivity contribution in [1.82, 2.24) is 0 Å². The summed E-state index contributed by atoms with van der Waals surface area (Å²) in [7, 11) is 0. The molecule has 408 valence electrons. The molecule has 1 aromatic heterocycles. The van der Waals surface area contributed by atoms with E-state index >= 15 is 0 Å². The third-order valence-electron chi connectivity index (χ3n) is 22.2. The second-order valence-corrected chi connectivity index (χ2v) is 30.7. The number of hydrogen-bond acceptors (Lipinski definition) is 4. The lowest BCUT2D eigenvalue weighted by molar-refractivity contribution is 0.195. The number of anilines is 8. The van der Waals surface area contributed by atoms with Gasteiger partial charge in [0.1, 0.15) is 0 Å². The van der Waals surface area contributed by atoms with Crippen LogP contribution in [-0.4, -0.2) is 12.3 Å². The molecule has 0 spiro atoms. The van der Waals surface area contributed by atoms with Crippen LogP contribution in [-0.2, 0) is 32.5 Å². The van der Waals surface area contributed by atoms with Crippen molar-refractivity contribution in [3.05, 3.63) is 195 Å². The maximum absolute atomic E-state index is 2.83. The zero-order valence-corrected chi connectivity index (χ0v) is 51.7. The van der Waals surface area contributed by atoms with Gasteiger partial charge in [-0.15, -0.1) is 11.3 Å². The van der Waals surface area contributed by atoms with Crippen molar-refractivity contribution >= 4 is 100 Å². The Kier molecular flexibility index (Phi) is 10.5. The molecule has 4 heterocycles. The predicted molar refractivity (Wildman–Crippen MR) is 350 cm³/mol. The van der Waals surface area contributed by atoms with Gasteiger partial charge >= 0.3 is 0 Å². The summed E-state index contributed by atoms with van der Waals surface area (Å²) in [6.45, 7) is 36.9. The van der Waals surface area contributed by atoms with Crippen LogP contribution in [0.15, 0.2) is 140 Å². The van der Waals surface area contributed by atoms with Gasteiger partial charge in [-0.3, -0.25) is 0 Å². The largest absolute Gasteiger partial charge is 0.334 e. The van der Waals surface area contributed by atoms with Gasteiger partial charge in [-0.05, 0) is 189 Å². The molecule has 0 N–H and O–H groups in total. The molecule has 2 atom stereocenters. The van der Waals surface area contributed by atoms with Gasteiger partial charge in [-0.25, -0.2) is 0 Å². The van der Waals surface area contributed by atoms with E-state index in [0.29, 0.717) is 0 Å². The van der Waals surface area contributed by atoms with Crippen LogP contribution in [0.2, 0.25) is 0 Å². The van der Waals surface area contributed by atoms with E-state index in [9.17, 15) is 0 Å². The van der Waals surface area contributed by atoms with Gasteiger partial charge in [0.25, 0.3) is 6.71 Å². The van der Waals surface area contributed by atoms with Crippen molar-refractivity contribution in [2.24, 2.45) is 0 Å². The van der Waals surface area contributed by atoms with Gasteiger partial charge in [0, 0.05) is 71.5 Å². The summed E-state index contributed by atoms with van der Waals surface area (Å²) in [4.78, 5) is 8.32. The molecule has 9 aromatic rings. The second kappa shape index (κ2) is 16.6. The van der Waals surface area contributed by atoms with E-state index in [-0.39, 0.29) is 44.7 Å². The molecule has 0 saturated heterocycles. The van der Waals surface area contributed by atoms with Crippen LogP contribution >= 0.6 is 11.3 Å². The van der Waals surface area contributed by atoms with E-state index < -0.39 is 0 Å². The first-order valence-electron chi connectivity index (χ1n) is 30.5. The van der Waals surface area contributed by atoms with Gasteiger partial charge in [0.05, 0.1) is 15.9 Å². The van der Waals surface area contributed by atoms with Gasteiger partial charge in [0.2, 0.25) is 0 Å². The number of aryl methyl sites for hydroxylation is 2. The summed E-state index contributed by atoms with van der Waals surface area (Å²) in [6, 6.07) is 56.4. The fourth-order valence-electron chi connectivity index (χ4n) is 17.2. The Balaban J connectivity index is 1.06. The second-order valence-electron chi connectivity index (χ2n) is 29.7. The van der Waals surface area contributed by atoms with Crippen molar-refractivity contribution in [2.75, 3.05) is 14.7 Å². The van der Waals surface area contributed by atoms with Crippen LogP contribution in [0.1, 0.15) is 184 Å². The molecule has 0 amide bonds. The van der Waals surface area contributed by atoms with Crippen molar-refractivity contribution < 1.29 is 0 Å². The summed E-state index contributed by atoms with van der Waals surface area (Å²) in [5.41, 5.74) is 28.5. The minimum atomic E-state index is -0.227. The molecule has 3 aliphatic carbocycles. The van der Waals surface area contributed by atoms with Crippen LogP contribution in [0, 0.1) is 13.8 Å². The monoisotopic (exact) mass is 1080 g/mol. The molecule has 2 unspecified atom stereocenters. The first-order chi connectivity index (χ1) is 38.3. The normalized spacial score (nSPS) is 22.1. The van der Waals surface area contributed by atoms with Gasteiger partial charge in [-0.1, -0.05) is 181 Å². The maximum atomic E-state index is 2.83. The molecule has 6 aliphatic rings. The highest BCUT2D eigenvalue weighted by Gasteiger charge is 2.58. The van der Waals surface area contributed by atoms with Crippen LogP contribution in [0.3, 0.4) is 0 Å². The molecule has 5 heteroatoms.